The standard InChI is InChI=1S/C13H18F3NO2S/c1-18-10-7-9(3-5-17)8-11(19-2)12(10)20-6-4-13(14,15)16/h7-8H,3-6,17H2,1-2H3. The third-order valence-corrected chi connectivity index (χ3v) is 3.68. The van der Waals surface area contributed by atoms with Crippen LogP contribution in [0.4, 0.5) is 13.2 Å². The van der Waals surface area contributed by atoms with Crippen LogP contribution in [-0.2, 0) is 6.42 Å². The van der Waals surface area contributed by atoms with Gasteiger partial charge < -0.3 is 15.2 Å². The Morgan fingerprint density at radius 2 is 1.70 bits per heavy atom. The highest BCUT2D eigenvalue weighted by molar-refractivity contribution is 7.99. The maximum Gasteiger partial charge on any atom is 0.389 e. The Bertz CT molecular complexity index is 413. The number of hydrogen-bond acceptors (Lipinski definition) is 4. The van der Waals surface area contributed by atoms with E-state index in [9.17, 15) is 13.2 Å². The molecule has 0 aliphatic rings. The molecule has 1 aromatic rings. The van der Waals surface area contributed by atoms with Gasteiger partial charge in [0.25, 0.3) is 0 Å². The van der Waals surface area contributed by atoms with Crippen molar-refractivity contribution in [2.75, 3.05) is 26.5 Å². The Kier molecular flexibility index (Phi) is 6.48. The van der Waals surface area contributed by atoms with Crippen molar-refractivity contribution in [2.45, 2.75) is 23.9 Å². The van der Waals surface area contributed by atoms with Crippen molar-refractivity contribution in [1.82, 2.24) is 0 Å². The molecule has 114 valence electrons. The summed E-state index contributed by atoms with van der Waals surface area (Å²) in [5, 5.41) is 0. The van der Waals surface area contributed by atoms with E-state index in [2.05, 4.69) is 0 Å². The Balaban J connectivity index is 2.92. The molecule has 0 unspecified atom stereocenters. The predicted molar refractivity (Wildman–Crippen MR) is 73.7 cm³/mol. The summed E-state index contributed by atoms with van der Waals surface area (Å²) < 4.78 is 47.1. The van der Waals surface area contributed by atoms with Crippen LogP contribution in [0.5, 0.6) is 11.5 Å². The van der Waals surface area contributed by atoms with E-state index in [1.165, 1.54) is 14.2 Å². The molecule has 20 heavy (non-hydrogen) atoms. The number of benzene rings is 1. The maximum atomic E-state index is 12.2. The van der Waals surface area contributed by atoms with Gasteiger partial charge in [-0.3, -0.25) is 0 Å². The van der Waals surface area contributed by atoms with Crippen LogP contribution in [0, 0.1) is 0 Å². The average molecular weight is 309 g/mol. The molecule has 0 amide bonds. The molecule has 0 atom stereocenters. The van der Waals surface area contributed by atoms with Crippen LogP contribution < -0.4 is 15.2 Å². The minimum absolute atomic E-state index is 0.0769. The van der Waals surface area contributed by atoms with Gasteiger partial charge in [0.15, 0.2) is 0 Å². The number of methoxy groups -OCH3 is 2. The summed E-state index contributed by atoms with van der Waals surface area (Å²) in [6, 6.07) is 3.57. The topological polar surface area (TPSA) is 44.5 Å². The molecule has 0 heterocycles. The number of thioether (sulfide) groups is 1. The van der Waals surface area contributed by atoms with Crippen LogP contribution in [0.2, 0.25) is 0 Å². The fraction of sp³-hybridized carbons (Fsp3) is 0.538. The Hall–Kier alpha value is -1.08. The zero-order valence-corrected chi connectivity index (χ0v) is 12.2. The molecule has 1 aromatic carbocycles. The highest BCUT2D eigenvalue weighted by Crippen LogP contribution is 2.40. The van der Waals surface area contributed by atoms with Crippen molar-refractivity contribution in [1.29, 1.82) is 0 Å². The van der Waals surface area contributed by atoms with E-state index < -0.39 is 12.6 Å². The first-order chi connectivity index (χ1) is 9.41. The van der Waals surface area contributed by atoms with Gasteiger partial charge in [0.2, 0.25) is 0 Å². The van der Waals surface area contributed by atoms with Crippen LogP contribution >= 0.6 is 11.8 Å². The van der Waals surface area contributed by atoms with E-state index in [4.69, 9.17) is 15.2 Å². The van der Waals surface area contributed by atoms with Gasteiger partial charge in [0.05, 0.1) is 25.5 Å². The first-order valence-corrected chi connectivity index (χ1v) is 7.04. The van der Waals surface area contributed by atoms with Gasteiger partial charge in [-0.15, -0.1) is 11.8 Å². The van der Waals surface area contributed by atoms with Crippen molar-refractivity contribution in [2.24, 2.45) is 5.73 Å². The van der Waals surface area contributed by atoms with Crippen LogP contribution in [0.25, 0.3) is 0 Å². The highest BCUT2D eigenvalue weighted by Gasteiger charge is 2.27. The molecule has 0 aliphatic heterocycles. The van der Waals surface area contributed by atoms with Crippen LogP contribution in [-0.4, -0.2) is 32.7 Å². The van der Waals surface area contributed by atoms with Crippen molar-refractivity contribution in [3.63, 3.8) is 0 Å². The van der Waals surface area contributed by atoms with Crippen molar-refractivity contribution < 1.29 is 22.6 Å². The van der Waals surface area contributed by atoms with Gasteiger partial charge in [0, 0.05) is 5.75 Å². The average Bonchev–Trinajstić information content (AvgIpc) is 2.38. The molecule has 0 aliphatic carbocycles. The molecular formula is C13H18F3NO2S. The summed E-state index contributed by atoms with van der Waals surface area (Å²) in [5.41, 5.74) is 6.43. The van der Waals surface area contributed by atoms with E-state index in [1.807, 2.05) is 0 Å². The number of alkyl halides is 3. The smallest absolute Gasteiger partial charge is 0.389 e. The van der Waals surface area contributed by atoms with Crippen molar-refractivity contribution in [3.05, 3.63) is 17.7 Å². The zero-order chi connectivity index (χ0) is 15.2. The summed E-state index contributed by atoms with van der Waals surface area (Å²) >= 11 is 1.08. The maximum absolute atomic E-state index is 12.2. The first kappa shape index (κ1) is 17.0. The molecule has 7 heteroatoms. The van der Waals surface area contributed by atoms with Gasteiger partial charge in [-0.25, -0.2) is 0 Å². The van der Waals surface area contributed by atoms with E-state index in [0.29, 0.717) is 29.4 Å². The van der Waals surface area contributed by atoms with E-state index >= 15 is 0 Å². The summed E-state index contributed by atoms with van der Waals surface area (Å²) in [4.78, 5) is 0.583. The largest absolute Gasteiger partial charge is 0.495 e. The lowest BCUT2D eigenvalue weighted by atomic mass is 10.1. The fourth-order valence-corrected chi connectivity index (χ4v) is 2.76. The monoisotopic (exact) mass is 309 g/mol. The third kappa shape index (κ3) is 5.13. The minimum atomic E-state index is -4.16. The van der Waals surface area contributed by atoms with Gasteiger partial charge in [-0.2, -0.15) is 13.2 Å². The van der Waals surface area contributed by atoms with E-state index in [0.717, 1.165) is 17.3 Å². The zero-order valence-electron chi connectivity index (χ0n) is 11.4. The first-order valence-electron chi connectivity index (χ1n) is 6.05. The molecule has 0 saturated heterocycles. The molecule has 2 N–H and O–H groups in total. The molecule has 0 fully saturated rings. The fourth-order valence-electron chi connectivity index (χ4n) is 1.66. The molecular weight excluding hydrogens is 291 g/mol. The minimum Gasteiger partial charge on any atom is -0.495 e. The van der Waals surface area contributed by atoms with E-state index in [-0.39, 0.29) is 5.75 Å². The number of hydrogen-bond donors (Lipinski definition) is 1. The third-order valence-electron chi connectivity index (χ3n) is 2.59. The second-order valence-electron chi connectivity index (χ2n) is 4.08. The molecule has 1 rings (SSSR count). The Morgan fingerprint density at radius 1 is 1.15 bits per heavy atom. The normalized spacial score (nSPS) is 11.5. The van der Waals surface area contributed by atoms with Gasteiger partial charge >= 0.3 is 6.18 Å². The van der Waals surface area contributed by atoms with Gasteiger partial charge in [-0.05, 0) is 30.7 Å². The van der Waals surface area contributed by atoms with Crippen LogP contribution in [0.3, 0.4) is 0 Å². The molecule has 0 bridgehead atoms. The molecule has 0 aromatic heterocycles. The summed E-state index contributed by atoms with van der Waals surface area (Å²) in [7, 11) is 2.96. The van der Waals surface area contributed by atoms with E-state index in [1.54, 1.807) is 12.1 Å². The number of nitrogens with two attached hydrogens (primary N) is 1. The second-order valence-corrected chi connectivity index (χ2v) is 5.19. The van der Waals surface area contributed by atoms with Crippen LogP contribution in [0.15, 0.2) is 17.0 Å². The second kappa shape index (κ2) is 7.64. The lowest BCUT2D eigenvalue weighted by Crippen LogP contribution is -2.08. The predicted octanol–water partition coefficient (Wildman–Crippen LogP) is 3.25. The number of halogens is 3. The number of ether oxygens (including phenoxy) is 2. The van der Waals surface area contributed by atoms with Crippen LogP contribution in [0.1, 0.15) is 12.0 Å². The molecule has 3 nitrogen and oxygen atoms in total. The quantitative estimate of drug-likeness (QED) is 0.785. The number of rotatable bonds is 7. The van der Waals surface area contributed by atoms with Crippen molar-refractivity contribution in [3.8, 4) is 11.5 Å². The molecule has 0 saturated carbocycles. The summed E-state index contributed by atoms with van der Waals surface area (Å²) in [6.45, 7) is 0.479. The van der Waals surface area contributed by atoms with Crippen molar-refractivity contribution >= 4 is 11.8 Å². The summed E-state index contributed by atoms with van der Waals surface area (Å²) in [6.07, 6.45) is -4.36. The SMILES string of the molecule is COc1cc(CCN)cc(OC)c1SCCC(F)(F)F. The van der Waals surface area contributed by atoms with Gasteiger partial charge in [0.1, 0.15) is 11.5 Å². The van der Waals surface area contributed by atoms with Gasteiger partial charge in [-0.1, -0.05) is 0 Å². The lowest BCUT2D eigenvalue weighted by molar-refractivity contribution is -0.129. The Labute approximate surface area is 120 Å². The summed E-state index contributed by atoms with van der Waals surface area (Å²) in [5.74, 6) is 0.951. The Morgan fingerprint density at radius 3 is 2.10 bits per heavy atom. The highest BCUT2D eigenvalue weighted by atomic mass is 32.2. The molecule has 0 radical (unpaired) electrons. The molecule has 0 spiro atoms. The lowest BCUT2D eigenvalue weighted by Gasteiger charge is -2.15.